The minimum atomic E-state index is 0.307. The molecule has 1 aliphatic rings. The van der Waals surface area contributed by atoms with Crippen LogP contribution in [0.15, 0.2) is 4.99 Å². The molecule has 1 fully saturated rings. The predicted molar refractivity (Wildman–Crippen MR) is 79.9 cm³/mol. The van der Waals surface area contributed by atoms with Crippen molar-refractivity contribution < 1.29 is 0 Å². The molecule has 0 aromatic rings. The standard InChI is InChI=1S/C14H28N2S/c1-6-14(7-2)10-17-13(16-14)15-12(5)9-8-11(3)4/h11-12H,6-10H2,1-5H3,(H,15,16). The summed E-state index contributed by atoms with van der Waals surface area (Å²) in [4.78, 5) is 4.81. The number of nitrogens with zero attached hydrogens (tertiary/aromatic N) is 1. The summed E-state index contributed by atoms with van der Waals surface area (Å²) >= 11 is 1.90. The highest BCUT2D eigenvalue weighted by Crippen LogP contribution is 2.29. The summed E-state index contributed by atoms with van der Waals surface area (Å²) < 4.78 is 0. The Bertz CT molecular complexity index is 257. The van der Waals surface area contributed by atoms with Crippen LogP contribution in [-0.4, -0.2) is 22.5 Å². The Kier molecular flexibility index (Phi) is 5.84. The molecule has 1 unspecified atom stereocenters. The first-order chi connectivity index (χ1) is 8.01. The second-order valence-corrected chi connectivity index (χ2v) is 6.62. The van der Waals surface area contributed by atoms with Gasteiger partial charge in [0.05, 0.1) is 0 Å². The van der Waals surface area contributed by atoms with E-state index in [9.17, 15) is 0 Å². The second-order valence-electron chi connectivity index (χ2n) is 5.66. The quantitative estimate of drug-likeness (QED) is 0.775. The number of aliphatic imine (C=N–C) groups is 1. The van der Waals surface area contributed by atoms with E-state index in [2.05, 4.69) is 39.9 Å². The third-order valence-corrected chi connectivity index (χ3v) is 4.89. The maximum atomic E-state index is 4.81. The maximum absolute atomic E-state index is 4.81. The molecule has 1 aliphatic heterocycles. The van der Waals surface area contributed by atoms with E-state index in [0.29, 0.717) is 11.6 Å². The fourth-order valence-electron chi connectivity index (χ4n) is 2.05. The monoisotopic (exact) mass is 256 g/mol. The van der Waals surface area contributed by atoms with Gasteiger partial charge in [0.1, 0.15) is 0 Å². The molecule has 100 valence electrons. The summed E-state index contributed by atoms with van der Waals surface area (Å²) in [5.41, 5.74) is 0.307. The Morgan fingerprint density at radius 3 is 2.35 bits per heavy atom. The van der Waals surface area contributed by atoms with Crippen LogP contribution in [0, 0.1) is 5.92 Å². The zero-order valence-corrected chi connectivity index (χ0v) is 12.9. The van der Waals surface area contributed by atoms with Gasteiger partial charge in [0.2, 0.25) is 0 Å². The fraction of sp³-hybridized carbons (Fsp3) is 0.929. The van der Waals surface area contributed by atoms with E-state index in [1.165, 1.54) is 36.6 Å². The van der Waals surface area contributed by atoms with E-state index in [-0.39, 0.29) is 0 Å². The first-order valence-corrected chi connectivity index (χ1v) is 7.98. The molecule has 1 heterocycles. The average molecular weight is 256 g/mol. The van der Waals surface area contributed by atoms with Crippen LogP contribution in [0.3, 0.4) is 0 Å². The van der Waals surface area contributed by atoms with Gasteiger partial charge in [-0.1, -0.05) is 39.5 Å². The predicted octanol–water partition coefficient (Wildman–Crippen LogP) is 4.06. The zero-order chi connectivity index (χ0) is 12.9. The minimum Gasteiger partial charge on any atom is -0.359 e. The minimum absolute atomic E-state index is 0.307. The third kappa shape index (κ3) is 4.53. The van der Waals surface area contributed by atoms with Crippen molar-refractivity contribution in [3.8, 4) is 0 Å². The molecule has 0 radical (unpaired) electrons. The van der Waals surface area contributed by atoms with Gasteiger partial charge < -0.3 is 5.32 Å². The molecular formula is C14H28N2S. The van der Waals surface area contributed by atoms with Crippen LogP contribution in [-0.2, 0) is 0 Å². The van der Waals surface area contributed by atoms with Crippen molar-refractivity contribution in [1.29, 1.82) is 0 Å². The lowest BCUT2D eigenvalue weighted by Gasteiger charge is -2.25. The van der Waals surface area contributed by atoms with E-state index in [0.717, 1.165) is 5.92 Å². The lowest BCUT2D eigenvalue weighted by Crippen LogP contribution is -2.42. The van der Waals surface area contributed by atoms with Crippen LogP contribution in [0.1, 0.15) is 60.3 Å². The first kappa shape index (κ1) is 14.9. The summed E-state index contributed by atoms with van der Waals surface area (Å²) in [6.07, 6.45) is 4.86. The Morgan fingerprint density at radius 1 is 1.24 bits per heavy atom. The summed E-state index contributed by atoms with van der Waals surface area (Å²) in [6.45, 7) is 11.3. The Hall–Kier alpha value is -0.180. The number of rotatable bonds is 6. The van der Waals surface area contributed by atoms with E-state index in [1.54, 1.807) is 0 Å². The molecule has 0 amide bonds. The van der Waals surface area contributed by atoms with Crippen LogP contribution in [0.2, 0.25) is 0 Å². The van der Waals surface area contributed by atoms with Gasteiger partial charge >= 0.3 is 0 Å². The molecule has 2 nitrogen and oxygen atoms in total. The molecule has 0 aromatic heterocycles. The van der Waals surface area contributed by atoms with E-state index in [4.69, 9.17) is 4.99 Å². The summed E-state index contributed by atoms with van der Waals surface area (Å²) in [5.74, 6) is 1.96. The van der Waals surface area contributed by atoms with E-state index in [1.807, 2.05) is 11.8 Å². The smallest absolute Gasteiger partial charge is 0.157 e. The SMILES string of the molecule is CCC1(CC)CSC(=NC(C)CCC(C)C)N1. The zero-order valence-electron chi connectivity index (χ0n) is 12.0. The number of thioether (sulfide) groups is 1. The van der Waals surface area contributed by atoms with Crippen LogP contribution >= 0.6 is 11.8 Å². The van der Waals surface area contributed by atoms with Gasteiger partial charge in [0.25, 0.3) is 0 Å². The molecule has 1 saturated heterocycles. The third-order valence-electron chi connectivity index (χ3n) is 3.71. The van der Waals surface area contributed by atoms with E-state index >= 15 is 0 Å². The van der Waals surface area contributed by atoms with Gasteiger partial charge in [0, 0.05) is 17.3 Å². The molecule has 0 saturated carbocycles. The largest absolute Gasteiger partial charge is 0.359 e. The first-order valence-electron chi connectivity index (χ1n) is 7.00. The number of hydrogen-bond acceptors (Lipinski definition) is 2. The lowest BCUT2D eigenvalue weighted by molar-refractivity contribution is 0.406. The van der Waals surface area contributed by atoms with Crippen molar-refractivity contribution in [1.82, 2.24) is 5.32 Å². The van der Waals surface area contributed by atoms with Gasteiger partial charge in [0.15, 0.2) is 5.17 Å². The Labute approximate surface area is 111 Å². The van der Waals surface area contributed by atoms with Crippen LogP contribution in [0.5, 0.6) is 0 Å². The Balaban J connectivity index is 2.46. The van der Waals surface area contributed by atoms with Crippen molar-refractivity contribution in [3.63, 3.8) is 0 Å². The highest BCUT2D eigenvalue weighted by atomic mass is 32.2. The molecule has 0 spiro atoms. The summed E-state index contributed by atoms with van der Waals surface area (Å²) in [6, 6.07) is 0.455. The van der Waals surface area contributed by atoms with Crippen molar-refractivity contribution >= 4 is 16.9 Å². The van der Waals surface area contributed by atoms with Crippen LogP contribution in [0.25, 0.3) is 0 Å². The highest BCUT2D eigenvalue weighted by molar-refractivity contribution is 8.14. The summed E-state index contributed by atoms with van der Waals surface area (Å²) in [5, 5.41) is 4.81. The highest BCUT2D eigenvalue weighted by Gasteiger charge is 2.33. The van der Waals surface area contributed by atoms with Gasteiger partial charge in [-0.3, -0.25) is 4.99 Å². The number of hydrogen-bond donors (Lipinski definition) is 1. The normalized spacial score (nSPS) is 23.1. The maximum Gasteiger partial charge on any atom is 0.157 e. The average Bonchev–Trinajstić information content (AvgIpc) is 2.70. The molecule has 0 aromatic carbocycles. The van der Waals surface area contributed by atoms with Crippen LogP contribution in [0.4, 0.5) is 0 Å². The van der Waals surface area contributed by atoms with Gasteiger partial charge in [-0.05, 0) is 38.5 Å². The molecule has 3 heteroatoms. The molecule has 1 N–H and O–H groups in total. The summed E-state index contributed by atoms with van der Waals surface area (Å²) in [7, 11) is 0. The molecule has 0 aliphatic carbocycles. The van der Waals surface area contributed by atoms with E-state index < -0.39 is 0 Å². The molecule has 1 atom stereocenters. The van der Waals surface area contributed by atoms with Crippen molar-refractivity contribution in [2.45, 2.75) is 71.9 Å². The van der Waals surface area contributed by atoms with Gasteiger partial charge in [-0.25, -0.2) is 0 Å². The molecule has 17 heavy (non-hydrogen) atoms. The fourth-order valence-corrected chi connectivity index (χ4v) is 3.48. The number of nitrogens with one attached hydrogen (secondary N) is 1. The molecule has 1 rings (SSSR count). The lowest BCUT2D eigenvalue weighted by atomic mass is 9.96. The Morgan fingerprint density at radius 2 is 1.88 bits per heavy atom. The van der Waals surface area contributed by atoms with Crippen LogP contribution < -0.4 is 5.32 Å². The number of amidine groups is 1. The van der Waals surface area contributed by atoms with Crippen molar-refractivity contribution in [3.05, 3.63) is 0 Å². The topological polar surface area (TPSA) is 24.4 Å². The molecular weight excluding hydrogens is 228 g/mol. The van der Waals surface area contributed by atoms with Gasteiger partial charge in [-0.15, -0.1) is 0 Å². The van der Waals surface area contributed by atoms with Crippen molar-refractivity contribution in [2.75, 3.05) is 5.75 Å². The van der Waals surface area contributed by atoms with Crippen molar-refractivity contribution in [2.24, 2.45) is 10.9 Å². The second kappa shape index (κ2) is 6.67. The molecule has 0 bridgehead atoms. The van der Waals surface area contributed by atoms with Gasteiger partial charge in [-0.2, -0.15) is 0 Å².